The van der Waals surface area contributed by atoms with Crippen LogP contribution in [-0.2, 0) is 5.41 Å². The first-order chi connectivity index (χ1) is 13.9. The minimum Gasteiger partial charge on any atom is -0.456 e. The number of hydrogen-bond donors (Lipinski definition) is 0. The second-order valence-corrected chi connectivity index (χ2v) is 7.66. The van der Waals surface area contributed by atoms with E-state index in [1.165, 1.54) is 16.7 Å². The van der Waals surface area contributed by atoms with Crippen molar-refractivity contribution in [1.82, 2.24) is 15.1 Å². The molecule has 0 spiro atoms. The molecule has 0 aliphatic heterocycles. The van der Waals surface area contributed by atoms with E-state index < -0.39 is 0 Å². The predicted octanol–water partition coefficient (Wildman–Crippen LogP) is 5.87. The van der Waals surface area contributed by atoms with Crippen molar-refractivity contribution in [3.63, 3.8) is 0 Å². The van der Waals surface area contributed by atoms with Crippen molar-refractivity contribution in [3.05, 3.63) is 89.6 Å². The van der Waals surface area contributed by atoms with Crippen molar-refractivity contribution >= 4 is 0 Å². The second-order valence-electron chi connectivity index (χ2n) is 7.66. The van der Waals surface area contributed by atoms with E-state index in [9.17, 15) is 0 Å². The average Bonchev–Trinajstić information content (AvgIpc) is 3.15. The van der Waals surface area contributed by atoms with Gasteiger partial charge in [-0.05, 0) is 36.2 Å². The molecule has 0 atom stereocenters. The van der Waals surface area contributed by atoms with Crippen molar-refractivity contribution in [2.45, 2.75) is 33.1 Å². The molecule has 4 aromatic rings. The molecule has 2 aromatic carbocycles. The first kappa shape index (κ1) is 18.9. The molecule has 146 valence electrons. The third kappa shape index (κ3) is 4.04. The van der Waals surface area contributed by atoms with Gasteiger partial charge in [-0.25, -0.2) is 0 Å². The third-order valence-electron chi connectivity index (χ3n) is 5.08. The van der Waals surface area contributed by atoms with Gasteiger partial charge in [0.25, 0.3) is 0 Å². The molecular formula is C24H23N3O2. The molecule has 0 aliphatic rings. The third-order valence-corrected chi connectivity index (χ3v) is 5.08. The Labute approximate surface area is 170 Å². The Morgan fingerprint density at radius 3 is 2.10 bits per heavy atom. The summed E-state index contributed by atoms with van der Waals surface area (Å²) >= 11 is 0. The zero-order chi connectivity index (χ0) is 20.4. The smallest absolute Gasteiger partial charge is 0.223 e. The van der Waals surface area contributed by atoms with Gasteiger partial charge in [-0.2, -0.15) is 4.98 Å². The van der Waals surface area contributed by atoms with E-state index in [0.717, 1.165) is 11.3 Å². The first-order valence-electron chi connectivity index (χ1n) is 9.53. The van der Waals surface area contributed by atoms with Crippen molar-refractivity contribution in [1.29, 1.82) is 0 Å². The molecule has 5 heteroatoms. The maximum atomic E-state index is 5.99. The van der Waals surface area contributed by atoms with Crippen LogP contribution >= 0.6 is 0 Å². The lowest BCUT2D eigenvalue weighted by atomic mass is 9.78. The SMILES string of the molecule is Cc1ccc(C(C)(C)c2ccc(Oc3cncc(-c4noc(C)n4)c3)cc2)cc1. The van der Waals surface area contributed by atoms with E-state index in [1.807, 2.05) is 18.2 Å². The van der Waals surface area contributed by atoms with E-state index in [2.05, 4.69) is 72.3 Å². The Hall–Kier alpha value is -3.47. The molecule has 0 N–H and O–H groups in total. The Bertz CT molecular complexity index is 1110. The summed E-state index contributed by atoms with van der Waals surface area (Å²) in [5.74, 6) is 2.38. The Kier molecular flexibility index (Phi) is 4.89. The normalized spacial score (nSPS) is 11.4. The molecule has 0 unspecified atom stereocenters. The summed E-state index contributed by atoms with van der Waals surface area (Å²) in [4.78, 5) is 8.45. The maximum Gasteiger partial charge on any atom is 0.223 e. The topological polar surface area (TPSA) is 61.0 Å². The lowest BCUT2D eigenvalue weighted by Crippen LogP contribution is -2.18. The molecule has 0 fully saturated rings. The van der Waals surface area contributed by atoms with E-state index in [4.69, 9.17) is 9.26 Å². The molecule has 0 amide bonds. The number of pyridine rings is 1. The quantitative estimate of drug-likeness (QED) is 0.430. The zero-order valence-electron chi connectivity index (χ0n) is 17.0. The van der Waals surface area contributed by atoms with Crippen LogP contribution in [0.5, 0.6) is 11.5 Å². The van der Waals surface area contributed by atoms with Crippen LogP contribution in [0.3, 0.4) is 0 Å². The van der Waals surface area contributed by atoms with Gasteiger partial charge in [-0.3, -0.25) is 4.98 Å². The molecular weight excluding hydrogens is 362 g/mol. The number of benzene rings is 2. The van der Waals surface area contributed by atoms with E-state index in [0.29, 0.717) is 17.5 Å². The van der Waals surface area contributed by atoms with Crippen LogP contribution in [0.4, 0.5) is 0 Å². The van der Waals surface area contributed by atoms with Gasteiger partial charge in [0.1, 0.15) is 11.5 Å². The molecule has 5 nitrogen and oxygen atoms in total. The number of rotatable bonds is 5. The molecule has 0 saturated heterocycles. The summed E-state index contributed by atoms with van der Waals surface area (Å²) in [7, 11) is 0. The fourth-order valence-corrected chi connectivity index (χ4v) is 3.23. The Morgan fingerprint density at radius 1 is 0.828 bits per heavy atom. The standard InChI is InChI=1S/C24H23N3O2/c1-16-5-7-19(8-6-16)24(3,4)20-9-11-21(12-10-20)28-22-13-18(14-25-15-22)23-26-17(2)29-27-23/h5-15H,1-4H3. The Balaban J connectivity index is 1.53. The molecule has 0 saturated carbocycles. The van der Waals surface area contributed by atoms with Gasteiger partial charge in [0, 0.05) is 24.1 Å². The molecule has 0 aliphatic carbocycles. The van der Waals surface area contributed by atoms with Gasteiger partial charge < -0.3 is 9.26 Å². The maximum absolute atomic E-state index is 5.99. The summed E-state index contributed by atoms with van der Waals surface area (Å²) in [5.41, 5.74) is 4.42. The van der Waals surface area contributed by atoms with Crippen LogP contribution in [0.25, 0.3) is 11.4 Å². The zero-order valence-corrected chi connectivity index (χ0v) is 17.0. The Morgan fingerprint density at radius 2 is 1.48 bits per heavy atom. The first-order valence-corrected chi connectivity index (χ1v) is 9.53. The molecule has 0 bridgehead atoms. The molecule has 29 heavy (non-hydrogen) atoms. The highest BCUT2D eigenvalue weighted by Crippen LogP contribution is 2.33. The second kappa shape index (κ2) is 7.51. The fraction of sp³-hybridized carbons (Fsp3) is 0.208. The highest BCUT2D eigenvalue weighted by Gasteiger charge is 2.23. The molecule has 0 radical (unpaired) electrons. The summed E-state index contributed by atoms with van der Waals surface area (Å²) in [6.07, 6.45) is 3.35. The van der Waals surface area contributed by atoms with Crippen LogP contribution < -0.4 is 4.74 Å². The number of hydrogen-bond acceptors (Lipinski definition) is 5. The summed E-state index contributed by atoms with van der Waals surface area (Å²) < 4.78 is 11.0. The highest BCUT2D eigenvalue weighted by molar-refractivity contribution is 5.55. The average molecular weight is 385 g/mol. The fourth-order valence-electron chi connectivity index (χ4n) is 3.23. The number of nitrogens with zero attached hydrogens (tertiary/aromatic N) is 3. The molecule has 4 rings (SSSR count). The monoisotopic (exact) mass is 385 g/mol. The van der Waals surface area contributed by atoms with Crippen LogP contribution in [0.2, 0.25) is 0 Å². The lowest BCUT2D eigenvalue weighted by molar-refractivity contribution is 0.394. The van der Waals surface area contributed by atoms with E-state index in [-0.39, 0.29) is 5.41 Å². The van der Waals surface area contributed by atoms with Gasteiger partial charge in [0.15, 0.2) is 0 Å². The molecule has 2 heterocycles. The van der Waals surface area contributed by atoms with E-state index >= 15 is 0 Å². The van der Waals surface area contributed by atoms with Crippen LogP contribution in [0.1, 0.15) is 36.4 Å². The van der Waals surface area contributed by atoms with Crippen LogP contribution in [-0.4, -0.2) is 15.1 Å². The van der Waals surface area contributed by atoms with Gasteiger partial charge in [-0.15, -0.1) is 0 Å². The van der Waals surface area contributed by atoms with E-state index in [1.54, 1.807) is 19.3 Å². The number of aromatic nitrogens is 3. The van der Waals surface area contributed by atoms with Gasteiger partial charge in [0.05, 0.1) is 6.20 Å². The summed E-state index contributed by atoms with van der Waals surface area (Å²) in [6.45, 7) is 8.32. The largest absolute Gasteiger partial charge is 0.456 e. The predicted molar refractivity (Wildman–Crippen MR) is 112 cm³/mol. The van der Waals surface area contributed by atoms with Crippen molar-refractivity contribution in [2.75, 3.05) is 0 Å². The van der Waals surface area contributed by atoms with Crippen molar-refractivity contribution < 1.29 is 9.26 Å². The number of aryl methyl sites for hydroxylation is 2. The van der Waals surface area contributed by atoms with Crippen molar-refractivity contribution in [3.8, 4) is 22.9 Å². The highest BCUT2D eigenvalue weighted by atomic mass is 16.5. The van der Waals surface area contributed by atoms with Gasteiger partial charge >= 0.3 is 0 Å². The molecule has 2 aromatic heterocycles. The summed E-state index contributed by atoms with van der Waals surface area (Å²) in [5, 5.41) is 3.93. The van der Waals surface area contributed by atoms with Gasteiger partial charge in [0.2, 0.25) is 11.7 Å². The van der Waals surface area contributed by atoms with Crippen LogP contribution in [0.15, 0.2) is 71.5 Å². The minimum atomic E-state index is -0.0931. The van der Waals surface area contributed by atoms with Crippen molar-refractivity contribution in [2.24, 2.45) is 0 Å². The lowest BCUT2D eigenvalue weighted by Gasteiger charge is -2.26. The number of ether oxygens (including phenoxy) is 1. The summed E-state index contributed by atoms with van der Waals surface area (Å²) in [6, 6.07) is 18.7. The minimum absolute atomic E-state index is 0.0931. The van der Waals surface area contributed by atoms with Crippen LogP contribution in [0, 0.1) is 13.8 Å². The van der Waals surface area contributed by atoms with Gasteiger partial charge in [-0.1, -0.05) is 61.0 Å².